The number of nitrogens with one attached hydrogen (secondary N) is 1. The van der Waals surface area contributed by atoms with E-state index in [1.165, 1.54) is 0 Å². The smallest absolute Gasteiger partial charge is 0.223 e. The van der Waals surface area contributed by atoms with Gasteiger partial charge in [0.2, 0.25) is 5.95 Å². The highest BCUT2D eigenvalue weighted by atomic mass is 32.1. The first kappa shape index (κ1) is 13.6. The van der Waals surface area contributed by atoms with Crippen LogP contribution >= 0.6 is 11.3 Å². The third-order valence-corrected chi connectivity index (χ3v) is 3.76. The zero-order valence-corrected chi connectivity index (χ0v) is 12.7. The Morgan fingerprint density at radius 1 is 1.10 bits per heavy atom. The molecule has 0 aliphatic heterocycles. The third-order valence-electron chi connectivity index (χ3n) is 2.85. The van der Waals surface area contributed by atoms with Gasteiger partial charge in [0.15, 0.2) is 0 Å². The zero-order chi connectivity index (χ0) is 14.7. The van der Waals surface area contributed by atoms with Gasteiger partial charge in [0.1, 0.15) is 5.01 Å². The average molecular weight is 297 g/mol. The Bertz CT molecular complexity index is 719. The predicted octanol–water partition coefficient (Wildman–Crippen LogP) is 3.22. The molecule has 0 aliphatic carbocycles. The Labute approximate surface area is 127 Å². The van der Waals surface area contributed by atoms with E-state index in [0.717, 1.165) is 27.8 Å². The van der Waals surface area contributed by atoms with Gasteiger partial charge in [-0.25, -0.2) is 15.0 Å². The summed E-state index contributed by atoms with van der Waals surface area (Å²) in [5.74, 6) is 0.639. The number of rotatable bonds is 4. The van der Waals surface area contributed by atoms with Gasteiger partial charge < -0.3 is 5.32 Å². The van der Waals surface area contributed by atoms with E-state index in [-0.39, 0.29) is 0 Å². The minimum absolute atomic E-state index is 0.603. The fraction of sp³-hybridized carbons (Fsp3) is 0.200. The van der Waals surface area contributed by atoms with E-state index in [9.17, 15) is 0 Å². The van der Waals surface area contributed by atoms with Crippen molar-refractivity contribution in [3.8, 4) is 10.7 Å². The summed E-state index contributed by atoms with van der Waals surface area (Å²) < 4.78 is 0. The van der Waals surface area contributed by atoms with Crippen LogP contribution in [0.3, 0.4) is 0 Å². The van der Waals surface area contributed by atoms with E-state index < -0.39 is 0 Å². The second-order valence-electron chi connectivity index (χ2n) is 4.69. The summed E-state index contributed by atoms with van der Waals surface area (Å²) in [6, 6.07) is 7.78. The number of thiazole rings is 1. The summed E-state index contributed by atoms with van der Waals surface area (Å²) in [6.45, 7) is 4.52. The molecule has 0 spiro atoms. The lowest BCUT2D eigenvalue weighted by Crippen LogP contribution is -2.05. The topological polar surface area (TPSA) is 63.6 Å². The third kappa shape index (κ3) is 3.41. The maximum atomic E-state index is 4.58. The predicted molar refractivity (Wildman–Crippen MR) is 84.2 cm³/mol. The molecule has 0 amide bonds. The molecule has 6 heteroatoms. The lowest BCUT2D eigenvalue weighted by molar-refractivity contribution is 0.984. The van der Waals surface area contributed by atoms with Gasteiger partial charge in [-0.05, 0) is 32.0 Å². The van der Waals surface area contributed by atoms with Gasteiger partial charge in [-0.15, -0.1) is 11.3 Å². The summed E-state index contributed by atoms with van der Waals surface area (Å²) in [6.07, 6.45) is 1.78. The van der Waals surface area contributed by atoms with Gasteiger partial charge in [0, 0.05) is 23.0 Å². The SMILES string of the molecule is Cc1cc(C)nc(NCc2csc(-c3ccccn3)n2)n1. The van der Waals surface area contributed by atoms with Crippen molar-refractivity contribution in [2.24, 2.45) is 0 Å². The summed E-state index contributed by atoms with van der Waals surface area (Å²) in [5, 5.41) is 6.16. The van der Waals surface area contributed by atoms with Crippen LogP contribution in [0.15, 0.2) is 35.8 Å². The fourth-order valence-electron chi connectivity index (χ4n) is 1.97. The van der Waals surface area contributed by atoms with E-state index in [1.807, 2.05) is 43.5 Å². The van der Waals surface area contributed by atoms with Crippen molar-refractivity contribution in [1.29, 1.82) is 0 Å². The maximum absolute atomic E-state index is 4.58. The summed E-state index contributed by atoms with van der Waals surface area (Å²) in [5.41, 5.74) is 3.77. The molecule has 106 valence electrons. The Morgan fingerprint density at radius 2 is 1.90 bits per heavy atom. The van der Waals surface area contributed by atoms with Gasteiger partial charge >= 0.3 is 0 Å². The quantitative estimate of drug-likeness (QED) is 0.801. The average Bonchev–Trinajstić information content (AvgIpc) is 2.94. The molecule has 0 bridgehead atoms. The molecule has 3 aromatic rings. The van der Waals surface area contributed by atoms with Crippen LogP contribution in [0.2, 0.25) is 0 Å². The number of hydrogen-bond donors (Lipinski definition) is 1. The second-order valence-corrected chi connectivity index (χ2v) is 5.54. The van der Waals surface area contributed by atoms with Crippen LogP contribution in [0.4, 0.5) is 5.95 Å². The van der Waals surface area contributed by atoms with Gasteiger partial charge in [-0.2, -0.15) is 0 Å². The molecule has 0 saturated heterocycles. The molecule has 0 saturated carbocycles. The van der Waals surface area contributed by atoms with Crippen LogP contribution in [0.5, 0.6) is 0 Å². The number of anilines is 1. The van der Waals surface area contributed by atoms with Crippen LogP contribution in [0.25, 0.3) is 10.7 Å². The lowest BCUT2D eigenvalue weighted by atomic mass is 10.3. The van der Waals surface area contributed by atoms with Crippen molar-refractivity contribution in [2.75, 3.05) is 5.32 Å². The minimum atomic E-state index is 0.603. The highest BCUT2D eigenvalue weighted by molar-refractivity contribution is 7.13. The van der Waals surface area contributed by atoms with Crippen LogP contribution in [-0.4, -0.2) is 19.9 Å². The largest absolute Gasteiger partial charge is 0.349 e. The van der Waals surface area contributed by atoms with E-state index >= 15 is 0 Å². The Hall–Kier alpha value is -2.34. The zero-order valence-electron chi connectivity index (χ0n) is 11.9. The molecule has 5 nitrogen and oxygen atoms in total. The van der Waals surface area contributed by atoms with Crippen molar-refractivity contribution in [3.63, 3.8) is 0 Å². The molecule has 3 rings (SSSR count). The summed E-state index contributed by atoms with van der Waals surface area (Å²) in [7, 11) is 0. The number of aromatic nitrogens is 4. The molecule has 3 aromatic heterocycles. The number of hydrogen-bond acceptors (Lipinski definition) is 6. The monoisotopic (exact) mass is 297 g/mol. The molecular formula is C15H15N5S. The van der Waals surface area contributed by atoms with Crippen molar-refractivity contribution < 1.29 is 0 Å². The molecule has 0 fully saturated rings. The first-order chi connectivity index (χ1) is 10.2. The Balaban J connectivity index is 1.70. The molecule has 0 radical (unpaired) electrons. The number of aryl methyl sites for hydroxylation is 2. The minimum Gasteiger partial charge on any atom is -0.349 e. The summed E-state index contributed by atoms with van der Waals surface area (Å²) in [4.78, 5) is 17.6. The summed E-state index contributed by atoms with van der Waals surface area (Å²) >= 11 is 1.59. The van der Waals surface area contributed by atoms with Crippen molar-refractivity contribution >= 4 is 17.3 Å². The number of nitrogens with zero attached hydrogens (tertiary/aromatic N) is 4. The highest BCUT2D eigenvalue weighted by Crippen LogP contribution is 2.21. The van der Waals surface area contributed by atoms with E-state index in [4.69, 9.17) is 0 Å². The van der Waals surface area contributed by atoms with Gasteiger partial charge in [-0.1, -0.05) is 6.07 Å². The highest BCUT2D eigenvalue weighted by Gasteiger charge is 2.06. The number of pyridine rings is 1. The normalized spacial score (nSPS) is 10.6. The van der Waals surface area contributed by atoms with Gasteiger partial charge in [-0.3, -0.25) is 4.98 Å². The lowest BCUT2D eigenvalue weighted by Gasteiger charge is -2.04. The van der Waals surface area contributed by atoms with Gasteiger partial charge in [0.25, 0.3) is 0 Å². The maximum Gasteiger partial charge on any atom is 0.223 e. The molecular weight excluding hydrogens is 282 g/mol. The molecule has 3 heterocycles. The first-order valence-corrected chi connectivity index (χ1v) is 7.50. The molecule has 0 unspecified atom stereocenters. The second kappa shape index (κ2) is 5.97. The molecule has 0 aromatic carbocycles. The van der Waals surface area contributed by atoms with Crippen LogP contribution in [-0.2, 0) is 6.54 Å². The molecule has 21 heavy (non-hydrogen) atoms. The Morgan fingerprint density at radius 3 is 2.62 bits per heavy atom. The first-order valence-electron chi connectivity index (χ1n) is 6.63. The van der Waals surface area contributed by atoms with Crippen LogP contribution in [0.1, 0.15) is 17.1 Å². The van der Waals surface area contributed by atoms with E-state index in [0.29, 0.717) is 12.5 Å². The molecule has 1 N–H and O–H groups in total. The fourth-order valence-corrected chi connectivity index (χ4v) is 2.76. The van der Waals surface area contributed by atoms with Crippen molar-refractivity contribution in [2.45, 2.75) is 20.4 Å². The Kier molecular flexibility index (Phi) is 3.87. The van der Waals surface area contributed by atoms with E-state index in [1.54, 1.807) is 17.5 Å². The van der Waals surface area contributed by atoms with Crippen LogP contribution < -0.4 is 5.32 Å². The van der Waals surface area contributed by atoms with E-state index in [2.05, 4.69) is 25.3 Å². The van der Waals surface area contributed by atoms with Gasteiger partial charge in [0.05, 0.1) is 17.9 Å². The molecule has 0 aliphatic rings. The molecule has 0 atom stereocenters. The van der Waals surface area contributed by atoms with Crippen molar-refractivity contribution in [3.05, 3.63) is 52.9 Å². The van der Waals surface area contributed by atoms with Crippen molar-refractivity contribution in [1.82, 2.24) is 19.9 Å². The standard InChI is InChI=1S/C15H15N5S/c1-10-7-11(2)19-15(18-10)17-8-12-9-21-14(20-12)13-5-3-4-6-16-13/h3-7,9H,8H2,1-2H3,(H,17,18,19). The van der Waals surface area contributed by atoms with Crippen LogP contribution in [0, 0.1) is 13.8 Å².